The van der Waals surface area contributed by atoms with Gasteiger partial charge in [-0.2, -0.15) is 0 Å². The number of amides is 1. The third-order valence-corrected chi connectivity index (χ3v) is 4.88. The highest BCUT2D eigenvalue weighted by molar-refractivity contribution is 6.06. The van der Waals surface area contributed by atoms with Crippen molar-refractivity contribution < 1.29 is 18.7 Å². The molecule has 5 nitrogen and oxygen atoms in total. The summed E-state index contributed by atoms with van der Waals surface area (Å²) in [6, 6.07) is 9.50. The molecule has 0 saturated heterocycles. The van der Waals surface area contributed by atoms with Gasteiger partial charge < -0.3 is 10.1 Å². The van der Waals surface area contributed by atoms with Crippen molar-refractivity contribution in [3.8, 4) is 5.75 Å². The maximum atomic E-state index is 14.4. The van der Waals surface area contributed by atoms with Gasteiger partial charge in [-0.25, -0.2) is 4.39 Å². The van der Waals surface area contributed by atoms with Gasteiger partial charge in [0.25, 0.3) is 5.91 Å². The number of carbonyl (C=O) groups is 2. The third kappa shape index (κ3) is 3.71. The van der Waals surface area contributed by atoms with Gasteiger partial charge in [-0.1, -0.05) is 6.07 Å². The minimum atomic E-state index is -0.627. The van der Waals surface area contributed by atoms with Crippen LogP contribution in [-0.2, 0) is 0 Å². The van der Waals surface area contributed by atoms with Crippen molar-refractivity contribution in [2.24, 2.45) is 5.92 Å². The molecule has 4 rings (SSSR count). The summed E-state index contributed by atoms with van der Waals surface area (Å²) in [5.41, 5.74) is 2.38. The average molecular weight is 378 g/mol. The number of anilines is 1. The highest BCUT2D eigenvalue weighted by Crippen LogP contribution is 2.30. The van der Waals surface area contributed by atoms with E-state index in [2.05, 4.69) is 10.3 Å². The highest BCUT2D eigenvalue weighted by atomic mass is 19.1. The Labute approximate surface area is 161 Å². The lowest BCUT2D eigenvalue weighted by atomic mass is 10.1. The molecule has 1 aliphatic rings. The summed E-state index contributed by atoms with van der Waals surface area (Å²) in [6.45, 7) is 2.40. The Morgan fingerprint density at radius 3 is 2.82 bits per heavy atom. The molecule has 1 aliphatic carbocycles. The normalized spacial score (nSPS) is 13.4. The van der Waals surface area contributed by atoms with Crippen molar-refractivity contribution >= 4 is 28.8 Å². The predicted octanol–water partition coefficient (Wildman–Crippen LogP) is 4.54. The van der Waals surface area contributed by atoms with Gasteiger partial charge >= 0.3 is 0 Å². The predicted molar refractivity (Wildman–Crippen MR) is 104 cm³/mol. The zero-order valence-electron chi connectivity index (χ0n) is 15.4. The van der Waals surface area contributed by atoms with Crippen LogP contribution in [0.2, 0.25) is 0 Å². The molecule has 0 radical (unpaired) electrons. The highest BCUT2D eigenvalue weighted by Gasteiger charge is 2.22. The topological polar surface area (TPSA) is 68.3 Å². The van der Waals surface area contributed by atoms with Crippen LogP contribution in [0.25, 0.3) is 10.9 Å². The molecule has 0 aliphatic heterocycles. The maximum Gasteiger partial charge on any atom is 0.258 e. The van der Waals surface area contributed by atoms with Crippen molar-refractivity contribution in [2.45, 2.75) is 19.8 Å². The first kappa shape index (κ1) is 18.1. The van der Waals surface area contributed by atoms with Crippen LogP contribution in [0.1, 0.15) is 39.1 Å². The number of aromatic nitrogens is 1. The number of hydrogen-bond acceptors (Lipinski definition) is 4. The number of pyridine rings is 1. The Hall–Kier alpha value is -3.28. The molecule has 28 heavy (non-hydrogen) atoms. The first-order valence-corrected chi connectivity index (χ1v) is 9.13. The van der Waals surface area contributed by atoms with Crippen LogP contribution in [0.4, 0.5) is 10.1 Å². The fourth-order valence-corrected chi connectivity index (χ4v) is 3.02. The molecule has 0 spiro atoms. The number of nitrogens with zero attached hydrogens (tertiary/aromatic N) is 1. The molecule has 1 amide bonds. The van der Waals surface area contributed by atoms with Crippen molar-refractivity contribution in [2.75, 3.05) is 11.9 Å². The minimum absolute atomic E-state index is 0.0532. The number of benzene rings is 2. The van der Waals surface area contributed by atoms with Crippen LogP contribution < -0.4 is 10.1 Å². The summed E-state index contributed by atoms with van der Waals surface area (Å²) in [7, 11) is 0. The lowest BCUT2D eigenvalue weighted by Crippen LogP contribution is -2.15. The fourth-order valence-electron chi connectivity index (χ4n) is 3.02. The second-order valence-corrected chi connectivity index (χ2v) is 7.05. The molecule has 3 aromatic rings. The van der Waals surface area contributed by atoms with Crippen LogP contribution in [0, 0.1) is 18.7 Å². The lowest BCUT2D eigenvalue weighted by molar-refractivity contribution is 0.102. The van der Waals surface area contributed by atoms with E-state index >= 15 is 0 Å². The number of aldehydes is 1. The summed E-state index contributed by atoms with van der Waals surface area (Å²) < 4.78 is 19.9. The Kier molecular flexibility index (Phi) is 4.77. The molecule has 6 heteroatoms. The van der Waals surface area contributed by atoms with E-state index in [9.17, 15) is 14.0 Å². The number of fused-ring (bicyclic) bond motifs is 1. The summed E-state index contributed by atoms with van der Waals surface area (Å²) >= 11 is 0. The Bertz CT molecular complexity index is 1080. The van der Waals surface area contributed by atoms with E-state index in [1.165, 1.54) is 18.3 Å². The van der Waals surface area contributed by atoms with Crippen LogP contribution in [0.5, 0.6) is 5.75 Å². The van der Waals surface area contributed by atoms with Crippen molar-refractivity contribution in [3.05, 3.63) is 65.1 Å². The zero-order chi connectivity index (χ0) is 19.7. The molecule has 2 aromatic carbocycles. The van der Waals surface area contributed by atoms with Crippen LogP contribution in [-0.4, -0.2) is 23.8 Å². The first-order valence-electron chi connectivity index (χ1n) is 9.13. The van der Waals surface area contributed by atoms with Gasteiger partial charge in [0.05, 0.1) is 17.7 Å². The molecular weight excluding hydrogens is 359 g/mol. The Balaban J connectivity index is 1.54. The van der Waals surface area contributed by atoms with Crippen LogP contribution in [0.3, 0.4) is 0 Å². The molecule has 1 saturated carbocycles. The van der Waals surface area contributed by atoms with E-state index < -0.39 is 11.7 Å². The van der Waals surface area contributed by atoms with Gasteiger partial charge in [0.2, 0.25) is 0 Å². The van der Waals surface area contributed by atoms with E-state index in [4.69, 9.17) is 4.74 Å². The van der Waals surface area contributed by atoms with Gasteiger partial charge in [-0.05, 0) is 55.5 Å². The zero-order valence-corrected chi connectivity index (χ0v) is 15.4. The van der Waals surface area contributed by atoms with E-state index in [-0.39, 0.29) is 5.56 Å². The molecule has 142 valence electrons. The number of halogens is 1. The van der Waals surface area contributed by atoms with Crippen molar-refractivity contribution in [1.29, 1.82) is 0 Å². The first-order chi connectivity index (χ1) is 13.5. The quantitative estimate of drug-likeness (QED) is 0.640. The summed E-state index contributed by atoms with van der Waals surface area (Å²) in [4.78, 5) is 27.7. The monoisotopic (exact) mass is 378 g/mol. The summed E-state index contributed by atoms with van der Waals surface area (Å²) in [5.74, 6) is -0.174. The van der Waals surface area contributed by atoms with Crippen molar-refractivity contribution in [1.82, 2.24) is 4.98 Å². The number of nitrogens with one attached hydrogen (secondary N) is 1. The molecular formula is C22H19FN2O3. The third-order valence-electron chi connectivity index (χ3n) is 4.88. The smallest absolute Gasteiger partial charge is 0.258 e. The van der Waals surface area contributed by atoms with Gasteiger partial charge in [-0.15, -0.1) is 0 Å². The Morgan fingerprint density at radius 1 is 1.29 bits per heavy atom. The number of aryl methyl sites for hydroxylation is 1. The molecule has 0 unspecified atom stereocenters. The van der Waals surface area contributed by atoms with Gasteiger partial charge in [-0.3, -0.25) is 14.6 Å². The molecule has 1 aromatic heterocycles. The van der Waals surface area contributed by atoms with Crippen molar-refractivity contribution in [3.63, 3.8) is 0 Å². The average Bonchev–Trinajstić information content (AvgIpc) is 3.52. The minimum Gasteiger partial charge on any atom is -0.493 e. The van der Waals surface area contributed by atoms with Gasteiger partial charge in [0, 0.05) is 28.9 Å². The number of hydrogen-bond donors (Lipinski definition) is 1. The van der Waals surface area contributed by atoms with E-state index in [0.717, 1.165) is 30.1 Å². The lowest BCUT2D eigenvalue weighted by Gasteiger charge is -2.12. The molecule has 1 heterocycles. The van der Waals surface area contributed by atoms with E-state index in [1.807, 2.05) is 6.92 Å². The molecule has 1 N–H and O–H groups in total. The van der Waals surface area contributed by atoms with Crippen LogP contribution >= 0.6 is 0 Å². The summed E-state index contributed by atoms with van der Waals surface area (Å²) in [5, 5.41) is 3.53. The number of ether oxygens (including phenoxy) is 1. The second kappa shape index (κ2) is 7.38. The standard InChI is InChI=1S/C22H19FN2O3/c1-13-20(7-4-16-8-15(11-26)10-24-21(13)16)25-22(27)18-6-5-17(9-19(18)23)28-12-14-2-3-14/h4-11,14H,2-3,12H2,1H3,(H,25,27). The number of carbonyl (C=O) groups excluding carboxylic acids is 2. The van der Waals surface area contributed by atoms with E-state index in [1.54, 1.807) is 24.3 Å². The fraction of sp³-hybridized carbons (Fsp3) is 0.227. The molecule has 1 fully saturated rings. The summed E-state index contributed by atoms with van der Waals surface area (Å²) in [6.07, 6.45) is 4.52. The van der Waals surface area contributed by atoms with Gasteiger partial charge in [0.15, 0.2) is 6.29 Å². The second-order valence-electron chi connectivity index (χ2n) is 7.05. The SMILES string of the molecule is Cc1c(NC(=O)c2ccc(OCC3CC3)cc2F)ccc2cc(C=O)cnc12. The van der Waals surface area contributed by atoms with Gasteiger partial charge in [0.1, 0.15) is 11.6 Å². The van der Waals surface area contributed by atoms with E-state index in [0.29, 0.717) is 35.0 Å². The Morgan fingerprint density at radius 2 is 2.11 bits per heavy atom. The molecule has 0 atom stereocenters. The largest absolute Gasteiger partial charge is 0.493 e. The maximum absolute atomic E-state index is 14.4. The van der Waals surface area contributed by atoms with Crippen LogP contribution in [0.15, 0.2) is 42.6 Å². The number of rotatable bonds is 6. The molecule has 0 bridgehead atoms.